The summed E-state index contributed by atoms with van der Waals surface area (Å²) in [7, 11) is 0. The second-order valence-electron chi connectivity index (χ2n) is 6.89. The van der Waals surface area contributed by atoms with Crippen LogP contribution in [-0.4, -0.2) is 73.8 Å². The van der Waals surface area contributed by atoms with Crippen molar-refractivity contribution in [3.8, 4) is 0 Å². The Labute approximate surface area is 163 Å². The van der Waals surface area contributed by atoms with Crippen LogP contribution in [0.15, 0.2) is 24.8 Å². The van der Waals surface area contributed by atoms with Crippen LogP contribution in [0.4, 0.5) is 17.7 Å². The topological polar surface area (TPSA) is 106 Å². The molecule has 148 valence electrons. The molecule has 10 heteroatoms. The van der Waals surface area contributed by atoms with Gasteiger partial charge in [-0.3, -0.25) is 10.2 Å². The van der Waals surface area contributed by atoms with Gasteiger partial charge in [-0.15, -0.1) is 0 Å². The van der Waals surface area contributed by atoms with Crippen LogP contribution in [0.3, 0.4) is 0 Å². The number of hydrogen-bond acceptors (Lipinski definition) is 9. The lowest BCUT2D eigenvalue weighted by atomic mass is 10.4. The van der Waals surface area contributed by atoms with Crippen LogP contribution in [0.2, 0.25) is 0 Å². The monoisotopic (exact) mass is 383 g/mol. The number of imidazole rings is 1. The van der Waals surface area contributed by atoms with Crippen LogP contribution in [-0.2, 0) is 4.74 Å². The molecule has 0 aliphatic carbocycles. The summed E-state index contributed by atoms with van der Waals surface area (Å²) in [5.74, 6) is 1.60. The van der Waals surface area contributed by atoms with Gasteiger partial charge in [-0.2, -0.15) is 9.97 Å². The van der Waals surface area contributed by atoms with Crippen LogP contribution < -0.4 is 10.6 Å². The van der Waals surface area contributed by atoms with E-state index in [0.717, 1.165) is 50.6 Å². The first-order valence-electron chi connectivity index (χ1n) is 9.53. The van der Waals surface area contributed by atoms with Gasteiger partial charge in [-0.1, -0.05) is 0 Å². The highest BCUT2D eigenvalue weighted by Gasteiger charge is 2.16. The van der Waals surface area contributed by atoms with Gasteiger partial charge in [-0.05, 0) is 19.9 Å². The van der Waals surface area contributed by atoms with Crippen LogP contribution >= 0.6 is 0 Å². The quantitative estimate of drug-likeness (QED) is 0.630. The number of rotatable bonds is 7. The third-order valence-corrected chi connectivity index (χ3v) is 4.59. The summed E-state index contributed by atoms with van der Waals surface area (Å²) in [6, 6.07) is 2.00. The lowest BCUT2D eigenvalue weighted by Gasteiger charge is -2.26. The molecule has 1 saturated heterocycles. The molecule has 1 aliphatic heterocycles. The molecular weight excluding hydrogens is 358 g/mol. The Morgan fingerprint density at radius 2 is 1.86 bits per heavy atom. The fraction of sp³-hybridized carbons (Fsp3) is 0.500. The van der Waals surface area contributed by atoms with Crippen molar-refractivity contribution in [2.24, 2.45) is 0 Å². The molecule has 0 unspecified atom stereocenters. The zero-order chi connectivity index (χ0) is 19.3. The molecule has 0 atom stereocenters. The summed E-state index contributed by atoms with van der Waals surface area (Å²) in [5.41, 5.74) is 1.53. The first-order chi connectivity index (χ1) is 13.7. The van der Waals surface area contributed by atoms with E-state index in [1.165, 1.54) is 0 Å². The maximum Gasteiger partial charge on any atom is 0.233 e. The minimum atomic E-state index is 0.238. The van der Waals surface area contributed by atoms with E-state index in [-0.39, 0.29) is 6.04 Å². The summed E-state index contributed by atoms with van der Waals surface area (Å²) in [6.45, 7) is 9.39. The van der Waals surface area contributed by atoms with Gasteiger partial charge >= 0.3 is 0 Å². The third kappa shape index (κ3) is 4.18. The summed E-state index contributed by atoms with van der Waals surface area (Å²) >= 11 is 0. The van der Waals surface area contributed by atoms with Gasteiger partial charge in [0.05, 0.1) is 19.5 Å². The number of ether oxygens (including phenoxy) is 1. The number of nitrogens with zero attached hydrogens (tertiary/aromatic N) is 7. The molecule has 0 radical (unpaired) electrons. The van der Waals surface area contributed by atoms with Crippen LogP contribution in [0.1, 0.15) is 19.9 Å². The summed E-state index contributed by atoms with van der Waals surface area (Å²) < 4.78 is 7.43. The molecule has 10 nitrogen and oxygen atoms in total. The van der Waals surface area contributed by atoms with E-state index < -0.39 is 0 Å². The molecule has 0 spiro atoms. The van der Waals surface area contributed by atoms with Crippen molar-refractivity contribution in [1.29, 1.82) is 0 Å². The number of hydrogen-bond donors (Lipinski definition) is 2. The zero-order valence-electron chi connectivity index (χ0n) is 16.2. The highest BCUT2D eigenvalue weighted by molar-refractivity contribution is 5.84. The Kier molecular flexibility index (Phi) is 5.58. The Balaban J connectivity index is 1.57. The van der Waals surface area contributed by atoms with E-state index >= 15 is 0 Å². The van der Waals surface area contributed by atoms with Crippen molar-refractivity contribution >= 4 is 28.9 Å². The predicted octanol–water partition coefficient (Wildman–Crippen LogP) is 1.68. The first kappa shape index (κ1) is 18.5. The molecule has 2 N–H and O–H groups in total. The Morgan fingerprint density at radius 3 is 2.61 bits per heavy atom. The number of fused-ring (bicyclic) bond motifs is 1. The molecule has 28 heavy (non-hydrogen) atoms. The van der Waals surface area contributed by atoms with E-state index in [1.54, 1.807) is 24.8 Å². The van der Waals surface area contributed by atoms with E-state index in [0.29, 0.717) is 17.7 Å². The Hall–Kier alpha value is -2.85. The van der Waals surface area contributed by atoms with Crippen molar-refractivity contribution < 1.29 is 4.74 Å². The minimum Gasteiger partial charge on any atom is -0.379 e. The molecule has 3 aromatic heterocycles. The molecule has 0 bridgehead atoms. The number of nitrogens with one attached hydrogen (secondary N) is 2. The van der Waals surface area contributed by atoms with Crippen molar-refractivity contribution in [2.75, 3.05) is 50.0 Å². The minimum absolute atomic E-state index is 0.238. The van der Waals surface area contributed by atoms with E-state index in [4.69, 9.17) is 4.74 Å². The molecule has 0 aromatic carbocycles. The zero-order valence-corrected chi connectivity index (χ0v) is 16.2. The Morgan fingerprint density at radius 1 is 1.07 bits per heavy atom. The van der Waals surface area contributed by atoms with E-state index in [2.05, 4.69) is 54.3 Å². The van der Waals surface area contributed by atoms with Gasteiger partial charge in [0.25, 0.3) is 0 Å². The van der Waals surface area contributed by atoms with Gasteiger partial charge in [0.2, 0.25) is 11.9 Å². The maximum atomic E-state index is 5.40. The van der Waals surface area contributed by atoms with Gasteiger partial charge in [0, 0.05) is 44.6 Å². The molecule has 4 rings (SSSR count). The van der Waals surface area contributed by atoms with Crippen LogP contribution in [0, 0.1) is 0 Å². The van der Waals surface area contributed by atoms with Crippen molar-refractivity contribution in [3.05, 3.63) is 24.8 Å². The van der Waals surface area contributed by atoms with Crippen molar-refractivity contribution in [2.45, 2.75) is 19.9 Å². The third-order valence-electron chi connectivity index (χ3n) is 4.59. The summed E-state index contributed by atoms with van der Waals surface area (Å²) in [5, 5.41) is 6.50. The average molecular weight is 383 g/mol. The Bertz CT molecular complexity index is 906. The van der Waals surface area contributed by atoms with Crippen molar-refractivity contribution in [1.82, 2.24) is 34.4 Å². The first-order valence-corrected chi connectivity index (χ1v) is 9.53. The molecule has 4 heterocycles. The molecule has 0 saturated carbocycles. The largest absolute Gasteiger partial charge is 0.379 e. The molecular formula is C18H25N9O. The number of anilines is 3. The second kappa shape index (κ2) is 8.44. The van der Waals surface area contributed by atoms with E-state index in [9.17, 15) is 0 Å². The van der Waals surface area contributed by atoms with Gasteiger partial charge in [0.1, 0.15) is 0 Å². The molecule has 0 amide bonds. The van der Waals surface area contributed by atoms with Gasteiger partial charge in [-0.25, -0.2) is 15.0 Å². The van der Waals surface area contributed by atoms with Crippen LogP contribution in [0.25, 0.3) is 11.2 Å². The fourth-order valence-corrected chi connectivity index (χ4v) is 3.09. The molecule has 3 aromatic rings. The summed E-state index contributed by atoms with van der Waals surface area (Å²) in [4.78, 5) is 24.5. The summed E-state index contributed by atoms with van der Waals surface area (Å²) in [6.07, 6.45) is 5.15. The number of aromatic nitrogens is 6. The maximum absolute atomic E-state index is 5.40. The standard InChI is InChI=1S/C18H25N9O/c1-13(2)27-12-22-14-15(19-6-7-26-8-10-28-11-9-26)23-18(24-16(14)27)25-17-20-4-3-5-21-17/h3-5,12-13H,6-11H2,1-2H3,(H2,19,20,21,23,24,25). The molecule has 1 aliphatic rings. The predicted molar refractivity (Wildman–Crippen MR) is 107 cm³/mol. The second-order valence-corrected chi connectivity index (χ2v) is 6.89. The lowest BCUT2D eigenvalue weighted by molar-refractivity contribution is 0.0398. The fourth-order valence-electron chi connectivity index (χ4n) is 3.09. The van der Waals surface area contributed by atoms with Gasteiger partial charge in [0.15, 0.2) is 17.0 Å². The highest BCUT2D eigenvalue weighted by atomic mass is 16.5. The SMILES string of the molecule is CC(C)n1cnc2c(NCCN3CCOCC3)nc(Nc3ncccn3)nc21. The van der Waals surface area contributed by atoms with Gasteiger partial charge < -0.3 is 14.6 Å². The highest BCUT2D eigenvalue weighted by Crippen LogP contribution is 2.24. The normalized spacial score (nSPS) is 15.2. The molecule has 1 fully saturated rings. The van der Waals surface area contributed by atoms with Crippen LogP contribution in [0.5, 0.6) is 0 Å². The average Bonchev–Trinajstić information content (AvgIpc) is 3.14. The lowest BCUT2D eigenvalue weighted by Crippen LogP contribution is -2.39. The number of morpholine rings is 1. The smallest absolute Gasteiger partial charge is 0.233 e. The van der Waals surface area contributed by atoms with Crippen molar-refractivity contribution in [3.63, 3.8) is 0 Å². The van der Waals surface area contributed by atoms with E-state index in [1.807, 2.05) is 4.57 Å².